The first-order valence-corrected chi connectivity index (χ1v) is 7.52. The summed E-state index contributed by atoms with van der Waals surface area (Å²) in [5.41, 5.74) is 1.46. The van der Waals surface area contributed by atoms with Gasteiger partial charge < -0.3 is 14.6 Å². The number of hydrogen-bond donors (Lipinski definition) is 1. The Morgan fingerprint density at radius 1 is 1.36 bits per heavy atom. The Labute approximate surface area is 134 Å². The summed E-state index contributed by atoms with van der Waals surface area (Å²) < 4.78 is 10.6. The molecule has 0 saturated heterocycles. The second-order valence-corrected chi connectivity index (χ2v) is 5.57. The summed E-state index contributed by atoms with van der Waals surface area (Å²) in [5.74, 6) is 0.505. The van der Waals surface area contributed by atoms with Crippen molar-refractivity contribution in [2.24, 2.45) is 0 Å². The molecule has 1 aromatic heterocycles. The summed E-state index contributed by atoms with van der Waals surface area (Å²) in [6, 6.07) is 9.00. The SMILES string of the molecule is CC(C)OCCNC(=O)Cc1cc(-c2ccc(Cl)cc2)on1. The van der Waals surface area contributed by atoms with Crippen LogP contribution in [0, 0.1) is 0 Å². The van der Waals surface area contributed by atoms with Gasteiger partial charge in [0.05, 0.1) is 24.8 Å². The summed E-state index contributed by atoms with van der Waals surface area (Å²) >= 11 is 5.84. The van der Waals surface area contributed by atoms with Crippen molar-refractivity contribution in [3.63, 3.8) is 0 Å². The van der Waals surface area contributed by atoms with E-state index in [1.165, 1.54) is 0 Å². The van der Waals surface area contributed by atoms with Gasteiger partial charge >= 0.3 is 0 Å². The maximum atomic E-state index is 11.8. The van der Waals surface area contributed by atoms with E-state index in [0.29, 0.717) is 29.6 Å². The average molecular weight is 323 g/mol. The molecule has 22 heavy (non-hydrogen) atoms. The number of halogens is 1. The molecule has 1 heterocycles. The molecule has 0 radical (unpaired) electrons. The van der Waals surface area contributed by atoms with Gasteiger partial charge in [0.1, 0.15) is 0 Å². The summed E-state index contributed by atoms with van der Waals surface area (Å²) in [6.45, 7) is 4.89. The molecule has 2 aromatic rings. The third-order valence-electron chi connectivity index (χ3n) is 2.90. The summed E-state index contributed by atoms with van der Waals surface area (Å²) in [5, 5.41) is 7.35. The molecule has 5 nitrogen and oxygen atoms in total. The molecule has 1 amide bonds. The number of amides is 1. The van der Waals surface area contributed by atoms with E-state index in [-0.39, 0.29) is 18.4 Å². The van der Waals surface area contributed by atoms with Crippen molar-refractivity contribution in [3.8, 4) is 11.3 Å². The highest BCUT2D eigenvalue weighted by atomic mass is 35.5. The Morgan fingerprint density at radius 3 is 2.77 bits per heavy atom. The van der Waals surface area contributed by atoms with Crippen molar-refractivity contribution in [1.29, 1.82) is 0 Å². The van der Waals surface area contributed by atoms with Gasteiger partial charge in [-0.05, 0) is 38.1 Å². The third-order valence-corrected chi connectivity index (χ3v) is 3.16. The fourth-order valence-electron chi connectivity index (χ4n) is 1.86. The molecule has 0 atom stereocenters. The van der Waals surface area contributed by atoms with Crippen molar-refractivity contribution in [2.75, 3.05) is 13.2 Å². The molecule has 118 valence electrons. The summed E-state index contributed by atoms with van der Waals surface area (Å²) in [7, 11) is 0. The van der Waals surface area contributed by atoms with Crippen LogP contribution in [-0.2, 0) is 16.0 Å². The van der Waals surface area contributed by atoms with E-state index in [1.807, 2.05) is 26.0 Å². The minimum absolute atomic E-state index is 0.108. The van der Waals surface area contributed by atoms with Gasteiger partial charge in [-0.2, -0.15) is 0 Å². The fourth-order valence-corrected chi connectivity index (χ4v) is 1.98. The second-order valence-electron chi connectivity index (χ2n) is 5.14. The van der Waals surface area contributed by atoms with Gasteiger partial charge in [0.15, 0.2) is 5.76 Å². The van der Waals surface area contributed by atoms with E-state index in [0.717, 1.165) is 5.56 Å². The van der Waals surface area contributed by atoms with Gasteiger partial charge in [0, 0.05) is 23.2 Å². The molecule has 0 saturated carbocycles. The Kier molecular flexibility index (Phi) is 5.98. The van der Waals surface area contributed by atoms with Crippen LogP contribution in [0.25, 0.3) is 11.3 Å². The summed E-state index contributed by atoms with van der Waals surface area (Å²) in [6.07, 6.45) is 0.341. The van der Waals surface area contributed by atoms with Crippen LogP contribution in [0.5, 0.6) is 0 Å². The molecule has 2 rings (SSSR count). The lowest BCUT2D eigenvalue weighted by atomic mass is 10.1. The number of nitrogens with zero attached hydrogens (tertiary/aromatic N) is 1. The predicted molar refractivity (Wildman–Crippen MR) is 84.8 cm³/mol. The van der Waals surface area contributed by atoms with Crippen molar-refractivity contribution in [2.45, 2.75) is 26.4 Å². The average Bonchev–Trinajstić information content (AvgIpc) is 2.92. The molecular formula is C16H19ClN2O3. The van der Waals surface area contributed by atoms with Crippen LogP contribution in [0.15, 0.2) is 34.9 Å². The zero-order valence-electron chi connectivity index (χ0n) is 12.6. The van der Waals surface area contributed by atoms with Crippen LogP contribution in [0.3, 0.4) is 0 Å². The first-order valence-electron chi connectivity index (χ1n) is 7.14. The number of hydrogen-bond acceptors (Lipinski definition) is 4. The van der Waals surface area contributed by atoms with E-state index in [9.17, 15) is 4.79 Å². The predicted octanol–water partition coefficient (Wildman–Crippen LogP) is 3.08. The van der Waals surface area contributed by atoms with Crippen LogP contribution < -0.4 is 5.32 Å². The largest absolute Gasteiger partial charge is 0.377 e. The maximum Gasteiger partial charge on any atom is 0.226 e. The highest BCUT2D eigenvalue weighted by molar-refractivity contribution is 6.30. The number of aromatic nitrogens is 1. The topological polar surface area (TPSA) is 64.4 Å². The monoisotopic (exact) mass is 322 g/mol. The molecule has 0 bridgehead atoms. The van der Waals surface area contributed by atoms with Crippen molar-refractivity contribution in [1.82, 2.24) is 10.5 Å². The van der Waals surface area contributed by atoms with Crippen LogP contribution in [0.1, 0.15) is 19.5 Å². The van der Waals surface area contributed by atoms with E-state index in [2.05, 4.69) is 10.5 Å². The van der Waals surface area contributed by atoms with Crippen LogP contribution in [-0.4, -0.2) is 30.3 Å². The Bertz CT molecular complexity index is 608. The molecular weight excluding hydrogens is 304 g/mol. The second kappa shape index (κ2) is 7.96. The van der Waals surface area contributed by atoms with Crippen molar-refractivity contribution in [3.05, 3.63) is 41.0 Å². The first kappa shape index (κ1) is 16.5. The summed E-state index contributed by atoms with van der Waals surface area (Å²) in [4.78, 5) is 11.8. The lowest BCUT2D eigenvalue weighted by molar-refractivity contribution is -0.120. The molecule has 0 unspecified atom stereocenters. The van der Waals surface area contributed by atoms with Crippen LogP contribution >= 0.6 is 11.6 Å². The number of nitrogens with one attached hydrogen (secondary N) is 1. The quantitative estimate of drug-likeness (QED) is 0.796. The van der Waals surface area contributed by atoms with Crippen LogP contribution in [0.4, 0.5) is 0 Å². The standard InChI is InChI=1S/C16H19ClN2O3/c1-11(2)21-8-7-18-16(20)10-14-9-15(22-19-14)12-3-5-13(17)6-4-12/h3-6,9,11H,7-8,10H2,1-2H3,(H,18,20). The first-order chi connectivity index (χ1) is 10.5. The molecule has 1 aromatic carbocycles. The number of carbonyl (C=O) groups is 1. The zero-order valence-corrected chi connectivity index (χ0v) is 13.4. The number of carbonyl (C=O) groups excluding carboxylic acids is 1. The van der Waals surface area contributed by atoms with E-state index in [4.69, 9.17) is 20.9 Å². The third kappa shape index (κ3) is 5.16. The molecule has 0 fully saturated rings. The smallest absolute Gasteiger partial charge is 0.226 e. The lowest BCUT2D eigenvalue weighted by Gasteiger charge is -2.07. The molecule has 0 aliphatic rings. The van der Waals surface area contributed by atoms with E-state index >= 15 is 0 Å². The Morgan fingerprint density at radius 2 is 2.09 bits per heavy atom. The fraction of sp³-hybridized carbons (Fsp3) is 0.375. The van der Waals surface area contributed by atoms with Crippen LogP contribution in [0.2, 0.25) is 5.02 Å². The number of ether oxygens (including phenoxy) is 1. The molecule has 1 N–H and O–H groups in total. The minimum atomic E-state index is -0.108. The number of benzene rings is 1. The highest BCUT2D eigenvalue weighted by Crippen LogP contribution is 2.22. The zero-order chi connectivity index (χ0) is 15.9. The van der Waals surface area contributed by atoms with Gasteiger partial charge in [0.25, 0.3) is 0 Å². The lowest BCUT2D eigenvalue weighted by Crippen LogP contribution is -2.29. The minimum Gasteiger partial charge on any atom is -0.377 e. The molecule has 0 spiro atoms. The van der Waals surface area contributed by atoms with E-state index in [1.54, 1.807) is 18.2 Å². The normalized spacial score (nSPS) is 10.9. The van der Waals surface area contributed by atoms with Crippen molar-refractivity contribution >= 4 is 17.5 Å². The Hall–Kier alpha value is -1.85. The molecule has 0 aliphatic carbocycles. The Balaban J connectivity index is 1.84. The van der Waals surface area contributed by atoms with Gasteiger partial charge in [0.2, 0.25) is 5.91 Å². The molecule has 6 heteroatoms. The van der Waals surface area contributed by atoms with Gasteiger partial charge in [-0.3, -0.25) is 4.79 Å². The van der Waals surface area contributed by atoms with E-state index < -0.39 is 0 Å². The highest BCUT2D eigenvalue weighted by Gasteiger charge is 2.10. The van der Waals surface area contributed by atoms with Gasteiger partial charge in [-0.25, -0.2) is 0 Å². The number of rotatable bonds is 7. The van der Waals surface area contributed by atoms with Gasteiger partial charge in [-0.15, -0.1) is 0 Å². The maximum absolute atomic E-state index is 11.8. The molecule has 0 aliphatic heterocycles. The van der Waals surface area contributed by atoms with Gasteiger partial charge in [-0.1, -0.05) is 16.8 Å². The van der Waals surface area contributed by atoms with Crippen molar-refractivity contribution < 1.29 is 14.1 Å².